The maximum Gasteiger partial charge on any atom is 0.191 e. The molecule has 0 spiro atoms. The molecule has 3 N–H and O–H groups in total. The second-order valence-corrected chi connectivity index (χ2v) is 7.38. The van der Waals surface area contributed by atoms with Crippen molar-refractivity contribution in [3.8, 4) is 0 Å². The molecule has 0 radical (unpaired) electrons. The van der Waals surface area contributed by atoms with Crippen molar-refractivity contribution in [2.45, 2.75) is 64.4 Å². The largest absolute Gasteiger partial charge is 0.396 e. The van der Waals surface area contributed by atoms with Crippen molar-refractivity contribution in [3.63, 3.8) is 0 Å². The quantitative estimate of drug-likeness (QED) is 0.193. The number of aliphatic hydroxyl groups excluding tert-OH is 1. The summed E-state index contributed by atoms with van der Waals surface area (Å²) in [5, 5.41) is 16.0. The number of halogens is 1. The third kappa shape index (κ3) is 8.71. The lowest BCUT2D eigenvalue weighted by Gasteiger charge is -2.25. The Balaban J connectivity index is 0.00000338. The van der Waals surface area contributed by atoms with Crippen LogP contribution in [0.5, 0.6) is 0 Å². The molecule has 6 nitrogen and oxygen atoms in total. The molecule has 0 aromatic carbocycles. The van der Waals surface area contributed by atoms with Gasteiger partial charge in [-0.3, -0.25) is 4.99 Å². The number of nitrogens with zero attached hydrogens (tertiary/aromatic N) is 1. The van der Waals surface area contributed by atoms with Gasteiger partial charge in [0.15, 0.2) is 5.96 Å². The van der Waals surface area contributed by atoms with Gasteiger partial charge in [-0.05, 0) is 39.0 Å². The van der Waals surface area contributed by atoms with Gasteiger partial charge in [-0.2, -0.15) is 0 Å². The van der Waals surface area contributed by atoms with Crippen LogP contribution in [0.2, 0.25) is 0 Å². The molecule has 2 fully saturated rings. The Bertz CT molecular complexity index is 384. The molecule has 1 unspecified atom stereocenters. The van der Waals surface area contributed by atoms with E-state index in [1.807, 2.05) is 0 Å². The van der Waals surface area contributed by atoms with Gasteiger partial charge in [0.2, 0.25) is 0 Å². The summed E-state index contributed by atoms with van der Waals surface area (Å²) in [5.41, 5.74) is 0.00119. The van der Waals surface area contributed by atoms with E-state index in [4.69, 9.17) is 14.5 Å². The SMILES string of the molecule is CCNC(=NCC1(CCO)CCOC1)NCCCOC1CCCCC1.I. The number of hydrogen-bond acceptors (Lipinski definition) is 4. The van der Waals surface area contributed by atoms with Crippen LogP contribution in [0.3, 0.4) is 0 Å². The summed E-state index contributed by atoms with van der Waals surface area (Å²) >= 11 is 0. The van der Waals surface area contributed by atoms with Crippen molar-refractivity contribution in [3.05, 3.63) is 0 Å². The lowest BCUT2D eigenvalue weighted by molar-refractivity contribution is 0.0277. The minimum Gasteiger partial charge on any atom is -0.396 e. The summed E-state index contributed by atoms with van der Waals surface area (Å²) in [6, 6.07) is 0. The molecule has 1 saturated heterocycles. The van der Waals surface area contributed by atoms with Gasteiger partial charge < -0.3 is 25.2 Å². The number of aliphatic imine (C=N–C) groups is 1. The van der Waals surface area contributed by atoms with E-state index < -0.39 is 0 Å². The maximum atomic E-state index is 9.32. The molecular formula is C19H38IN3O3. The molecule has 2 rings (SSSR count). The third-order valence-corrected chi connectivity index (χ3v) is 5.26. The van der Waals surface area contributed by atoms with Crippen LogP contribution >= 0.6 is 24.0 Å². The van der Waals surface area contributed by atoms with E-state index in [2.05, 4.69) is 17.6 Å². The minimum atomic E-state index is 0. The van der Waals surface area contributed by atoms with Gasteiger partial charge in [0.1, 0.15) is 0 Å². The topological polar surface area (TPSA) is 75.1 Å². The second-order valence-electron chi connectivity index (χ2n) is 7.38. The average Bonchev–Trinajstić information content (AvgIpc) is 3.09. The molecule has 154 valence electrons. The Morgan fingerprint density at radius 2 is 2.08 bits per heavy atom. The molecule has 26 heavy (non-hydrogen) atoms. The Labute approximate surface area is 175 Å². The summed E-state index contributed by atoms with van der Waals surface area (Å²) in [5.74, 6) is 0.851. The average molecular weight is 483 g/mol. The normalized spacial score (nSPS) is 24.3. The number of guanidine groups is 1. The smallest absolute Gasteiger partial charge is 0.191 e. The second kappa shape index (κ2) is 14.0. The van der Waals surface area contributed by atoms with Crippen LogP contribution in [-0.2, 0) is 9.47 Å². The molecule has 1 saturated carbocycles. The molecule has 0 aromatic heterocycles. The summed E-state index contributed by atoms with van der Waals surface area (Å²) in [7, 11) is 0. The molecular weight excluding hydrogens is 445 g/mol. The summed E-state index contributed by atoms with van der Waals surface area (Å²) < 4.78 is 11.5. The van der Waals surface area contributed by atoms with Crippen LogP contribution in [-0.4, -0.2) is 63.2 Å². The van der Waals surface area contributed by atoms with Crippen LogP contribution in [0, 0.1) is 5.41 Å². The van der Waals surface area contributed by atoms with Gasteiger partial charge in [0.05, 0.1) is 19.3 Å². The zero-order chi connectivity index (χ0) is 17.8. The lowest BCUT2D eigenvalue weighted by Crippen LogP contribution is -2.39. The molecule has 1 heterocycles. The van der Waals surface area contributed by atoms with Gasteiger partial charge in [0.25, 0.3) is 0 Å². The van der Waals surface area contributed by atoms with E-state index in [0.29, 0.717) is 19.3 Å². The van der Waals surface area contributed by atoms with E-state index in [1.165, 1.54) is 32.1 Å². The first-order valence-electron chi connectivity index (χ1n) is 10.1. The van der Waals surface area contributed by atoms with Crippen molar-refractivity contribution < 1.29 is 14.6 Å². The molecule has 1 aliphatic carbocycles. The number of nitrogens with one attached hydrogen (secondary N) is 2. The first-order chi connectivity index (χ1) is 12.3. The van der Waals surface area contributed by atoms with Crippen molar-refractivity contribution in [2.24, 2.45) is 10.4 Å². The fourth-order valence-electron chi connectivity index (χ4n) is 3.64. The zero-order valence-electron chi connectivity index (χ0n) is 16.3. The predicted molar refractivity (Wildman–Crippen MR) is 116 cm³/mol. The molecule has 7 heteroatoms. The molecule has 0 amide bonds. The first kappa shape index (κ1) is 23.9. The maximum absolute atomic E-state index is 9.32. The van der Waals surface area contributed by atoms with Gasteiger partial charge in [-0.1, -0.05) is 19.3 Å². The Morgan fingerprint density at radius 1 is 1.27 bits per heavy atom. The standard InChI is InChI=1S/C19H37N3O3.HI/c1-2-20-18(22-15-19(9-12-23)10-14-24-16-19)21-11-6-13-25-17-7-4-3-5-8-17;/h17,23H,2-16H2,1H3,(H2,20,21,22);1H. The Morgan fingerprint density at radius 3 is 2.73 bits per heavy atom. The number of ether oxygens (including phenoxy) is 2. The predicted octanol–water partition coefficient (Wildman–Crippen LogP) is 2.69. The van der Waals surface area contributed by atoms with Crippen molar-refractivity contribution in [2.75, 3.05) is 46.1 Å². The van der Waals surface area contributed by atoms with Crippen LogP contribution in [0.15, 0.2) is 4.99 Å². The summed E-state index contributed by atoms with van der Waals surface area (Å²) in [4.78, 5) is 4.74. The third-order valence-electron chi connectivity index (χ3n) is 5.26. The van der Waals surface area contributed by atoms with Crippen molar-refractivity contribution >= 4 is 29.9 Å². The van der Waals surface area contributed by atoms with E-state index >= 15 is 0 Å². The highest BCUT2D eigenvalue weighted by molar-refractivity contribution is 14.0. The first-order valence-corrected chi connectivity index (χ1v) is 10.1. The molecule has 2 aliphatic rings. The Kier molecular flexibility index (Phi) is 12.8. The number of rotatable bonds is 10. The molecule has 0 bridgehead atoms. The van der Waals surface area contributed by atoms with Gasteiger partial charge >= 0.3 is 0 Å². The monoisotopic (exact) mass is 483 g/mol. The van der Waals surface area contributed by atoms with Crippen molar-refractivity contribution in [1.29, 1.82) is 0 Å². The van der Waals surface area contributed by atoms with Crippen LogP contribution in [0.25, 0.3) is 0 Å². The summed E-state index contributed by atoms with van der Waals surface area (Å²) in [6.45, 7) is 6.97. The van der Waals surface area contributed by atoms with Crippen LogP contribution in [0.4, 0.5) is 0 Å². The lowest BCUT2D eigenvalue weighted by atomic mass is 9.84. The van der Waals surface area contributed by atoms with Gasteiger partial charge in [-0.15, -0.1) is 24.0 Å². The van der Waals surface area contributed by atoms with E-state index in [9.17, 15) is 5.11 Å². The number of aliphatic hydroxyl groups is 1. The van der Waals surface area contributed by atoms with Gasteiger partial charge in [-0.25, -0.2) is 0 Å². The van der Waals surface area contributed by atoms with E-state index in [-0.39, 0.29) is 36.0 Å². The van der Waals surface area contributed by atoms with E-state index in [1.54, 1.807) is 0 Å². The Hall–Kier alpha value is -0.120. The minimum absolute atomic E-state index is 0. The highest BCUT2D eigenvalue weighted by Crippen LogP contribution is 2.32. The highest BCUT2D eigenvalue weighted by Gasteiger charge is 2.34. The zero-order valence-corrected chi connectivity index (χ0v) is 18.6. The number of hydrogen-bond donors (Lipinski definition) is 3. The van der Waals surface area contributed by atoms with Crippen LogP contribution in [0.1, 0.15) is 58.3 Å². The highest BCUT2D eigenvalue weighted by atomic mass is 127. The fraction of sp³-hybridized carbons (Fsp3) is 0.947. The fourth-order valence-corrected chi connectivity index (χ4v) is 3.64. The molecule has 1 aliphatic heterocycles. The van der Waals surface area contributed by atoms with E-state index in [0.717, 1.165) is 51.5 Å². The van der Waals surface area contributed by atoms with Gasteiger partial charge in [0, 0.05) is 38.3 Å². The molecule has 1 atom stereocenters. The summed E-state index contributed by atoms with van der Waals surface area (Å²) in [6.07, 6.45) is 9.67. The molecule has 0 aromatic rings. The van der Waals surface area contributed by atoms with Crippen molar-refractivity contribution in [1.82, 2.24) is 10.6 Å². The van der Waals surface area contributed by atoms with Crippen LogP contribution < -0.4 is 10.6 Å².